The molecule has 0 saturated carbocycles. The van der Waals surface area contributed by atoms with Gasteiger partial charge in [0, 0.05) is 6.07 Å². The van der Waals surface area contributed by atoms with Gasteiger partial charge in [0.15, 0.2) is 17.2 Å². The van der Waals surface area contributed by atoms with E-state index in [-0.39, 0.29) is 29.5 Å². The Balaban J connectivity index is 2.16. The number of esters is 1. The van der Waals surface area contributed by atoms with E-state index < -0.39 is 28.2 Å². The van der Waals surface area contributed by atoms with E-state index >= 15 is 0 Å². The number of hydrogen-bond donors (Lipinski definition) is 0. The van der Waals surface area contributed by atoms with E-state index in [4.69, 9.17) is 14.2 Å². The lowest BCUT2D eigenvalue weighted by atomic mass is 10.3. The number of nitro groups is 1. The highest BCUT2D eigenvalue weighted by atomic mass is 19.1. The summed E-state index contributed by atoms with van der Waals surface area (Å²) in [6.07, 6.45) is 1.36. The minimum atomic E-state index is -0.929. The van der Waals surface area contributed by atoms with Gasteiger partial charge in [-0.2, -0.15) is 9.38 Å². The third-order valence-corrected chi connectivity index (χ3v) is 3.58. The predicted octanol–water partition coefficient (Wildman–Crippen LogP) is 3.36. The summed E-state index contributed by atoms with van der Waals surface area (Å²) in [5.41, 5.74) is -0.456. The summed E-state index contributed by atoms with van der Waals surface area (Å²) in [4.78, 5) is 26.8. The summed E-state index contributed by atoms with van der Waals surface area (Å²) in [5, 5.41) is 11.4. The van der Waals surface area contributed by atoms with Gasteiger partial charge in [-0.05, 0) is 36.1 Å². The standard InChI is InChI=1S/C17H14FN3O6/c1-3-26-17(22)14-16(21(23)24)20-8-4-5-12(15(20)19-14)27-13-9-10(18)6-7-11(13)25-2/h4-9H,3H2,1-2H3. The van der Waals surface area contributed by atoms with Crippen molar-refractivity contribution in [2.24, 2.45) is 0 Å². The Morgan fingerprint density at radius 3 is 2.74 bits per heavy atom. The molecule has 2 aromatic heterocycles. The molecule has 9 nitrogen and oxygen atoms in total. The second-order valence-electron chi connectivity index (χ2n) is 5.22. The Kier molecular flexibility index (Phi) is 4.88. The van der Waals surface area contributed by atoms with E-state index in [2.05, 4.69) is 4.98 Å². The molecule has 0 N–H and O–H groups in total. The molecular weight excluding hydrogens is 361 g/mol. The predicted molar refractivity (Wildman–Crippen MR) is 90.8 cm³/mol. The van der Waals surface area contributed by atoms with Gasteiger partial charge in [0.2, 0.25) is 5.69 Å². The summed E-state index contributed by atoms with van der Waals surface area (Å²) in [6.45, 7) is 1.61. The molecule has 0 radical (unpaired) electrons. The summed E-state index contributed by atoms with van der Waals surface area (Å²) < 4.78 is 30.3. The Labute approximate surface area is 152 Å². The quantitative estimate of drug-likeness (QED) is 0.369. The number of methoxy groups -OCH3 is 1. The number of halogens is 1. The SMILES string of the molecule is CCOC(=O)c1nc2c(Oc3cc(F)ccc3OC)cccn2c1[N+](=O)[O-]. The van der Waals surface area contributed by atoms with Gasteiger partial charge in [-0.1, -0.05) is 0 Å². The molecule has 0 aliphatic heterocycles. The number of pyridine rings is 1. The van der Waals surface area contributed by atoms with Crippen molar-refractivity contribution in [2.45, 2.75) is 6.92 Å². The van der Waals surface area contributed by atoms with Crippen LogP contribution in [-0.4, -0.2) is 34.0 Å². The molecule has 0 spiro atoms. The summed E-state index contributed by atoms with van der Waals surface area (Å²) >= 11 is 0. The van der Waals surface area contributed by atoms with Crippen LogP contribution >= 0.6 is 0 Å². The number of carbonyl (C=O) groups is 1. The number of ether oxygens (including phenoxy) is 3. The zero-order chi connectivity index (χ0) is 19.6. The minimum Gasteiger partial charge on any atom is -0.493 e. The van der Waals surface area contributed by atoms with Crippen molar-refractivity contribution in [3.05, 3.63) is 58.2 Å². The van der Waals surface area contributed by atoms with Crippen molar-refractivity contribution in [1.29, 1.82) is 0 Å². The monoisotopic (exact) mass is 375 g/mol. The first-order valence-corrected chi connectivity index (χ1v) is 7.80. The molecule has 0 bridgehead atoms. The maximum Gasteiger partial charge on any atom is 0.365 e. The lowest BCUT2D eigenvalue weighted by Crippen LogP contribution is -2.08. The maximum atomic E-state index is 13.6. The Morgan fingerprint density at radius 1 is 1.30 bits per heavy atom. The van der Waals surface area contributed by atoms with Gasteiger partial charge in [0.25, 0.3) is 5.65 Å². The second kappa shape index (κ2) is 7.28. The fourth-order valence-electron chi connectivity index (χ4n) is 2.47. The normalized spacial score (nSPS) is 10.6. The van der Waals surface area contributed by atoms with E-state index in [0.717, 1.165) is 10.5 Å². The molecule has 1 aromatic carbocycles. The highest BCUT2D eigenvalue weighted by molar-refractivity contribution is 5.92. The number of benzene rings is 1. The van der Waals surface area contributed by atoms with Crippen molar-refractivity contribution < 1.29 is 28.3 Å². The van der Waals surface area contributed by atoms with Crippen LogP contribution in [0.25, 0.3) is 5.65 Å². The first-order valence-electron chi connectivity index (χ1n) is 7.80. The van der Waals surface area contributed by atoms with Crippen molar-refractivity contribution in [2.75, 3.05) is 13.7 Å². The average Bonchev–Trinajstić information content (AvgIpc) is 3.03. The molecule has 0 amide bonds. The lowest BCUT2D eigenvalue weighted by molar-refractivity contribution is -0.390. The number of fused-ring (bicyclic) bond motifs is 1. The van der Waals surface area contributed by atoms with Gasteiger partial charge in [-0.15, -0.1) is 0 Å². The first kappa shape index (κ1) is 18.1. The highest BCUT2D eigenvalue weighted by Crippen LogP contribution is 2.35. The van der Waals surface area contributed by atoms with Gasteiger partial charge in [-0.3, -0.25) is 0 Å². The molecule has 0 aliphatic rings. The number of imidazole rings is 1. The van der Waals surface area contributed by atoms with Crippen LogP contribution < -0.4 is 9.47 Å². The molecule has 3 aromatic rings. The van der Waals surface area contributed by atoms with Crippen LogP contribution in [0, 0.1) is 15.9 Å². The number of rotatable bonds is 6. The Bertz CT molecular complexity index is 1030. The maximum absolute atomic E-state index is 13.6. The highest BCUT2D eigenvalue weighted by Gasteiger charge is 2.31. The topological polar surface area (TPSA) is 105 Å². The lowest BCUT2D eigenvalue weighted by Gasteiger charge is -2.09. The van der Waals surface area contributed by atoms with E-state index in [1.54, 1.807) is 6.92 Å². The number of carbonyl (C=O) groups excluding carboxylic acids is 1. The van der Waals surface area contributed by atoms with Gasteiger partial charge in [0.05, 0.1) is 19.9 Å². The average molecular weight is 375 g/mol. The molecule has 0 saturated heterocycles. The van der Waals surface area contributed by atoms with Gasteiger partial charge >= 0.3 is 11.8 Å². The molecule has 0 atom stereocenters. The molecule has 140 valence electrons. The minimum absolute atomic E-state index is 0.00133. The van der Waals surface area contributed by atoms with Crippen LogP contribution in [0.5, 0.6) is 17.2 Å². The molecular formula is C17H14FN3O6. The van der Waals surface area contributed by atoms with Crippen molar-refractivity contribution in [3.8, 4) is 17.2 Å². The number of hydrogen-bond acceptors (Lipinski definition) is 7. The van der Waals surface area contributed by atoms with Crippen molar-refractivity contribution in [1.82, 2.24) is 9.38 Å². The van der Waals surface area contributed by atoms with Crippen LogP contribution in [0.4, 0.5) is 10.2 Å². The van der Waals surface area contributed by atoms with Crippen LogP contribution in [0.1, 0.15) is 17.4 Å². The van der Waals surface area contributed by atoms with Gasteiger partial charge < -0.3 is 24.3 Å². The third kappa shape index (κ3) is 3.36. The van der Waals surface area contributed by atoms with Crippen LogP contribution in [0.3, 0.4) is 0 Å². The smallest absolute Gasteiger partial charge is 0.365 e. The van der Waals surface area contributed by atoms with Crippen LogP contribution in [0.15, 0.2) is 36.5 Å². The molecule has 27 heavy (non-hydrogen) atoms. The van der Waals surface area contributed by atoms with Gasteiger partial charge in [0.1, 0.15) is 5.82 Å². The van der Waals surface area contributed by atoms with Crippen LogP contribution in [-0.2, 0) is 4.74 Å². The number of nitrogens with zero attached hydrogens (tertiary/aromatic N) is 3. The van der Waals surface area contributed by atoms with E-state index in [0.29, 0.717) is 0 Å². The molecule has 0 aliphatic carbocycles. The first-order chi connectivity index (χ1) is 13.0. The second-order valence-corrected chi connectivity index (χ2v) is 5.22. The fourth-order valence-corrected chi connectivity index (χ4v) is 2.47. The Morgan fingerprint density at radius 2 is 2.07 bits per heavy atom. The molecule has 10 heteroatoms. The zero-order valence-corrected chi connectivity index (χ0v) is 14.3. The molecule has 2 heterocycles. The fraction of sp³-hybridized carbons (Fsp3) is 0.176. The van der Waals surface area contributed by atoms with Crippen molar-refractivity contribution >= 4 is 17.4 Å². The summed E-state index contributed by atoms with van der Waals surface area (Å²) in [5.74, 6) is -1.67. The number of aromatic nitrogens is 2. The van der Waals surface area contributed by atoms with E-state index in [1.807, 2.05) is 0 Å². The van der Waals surface area contributed by atoms with E-state index in [9.17, 15) is 19.3 Å². The largest absolute Gasteiger partial charge is 0.493 e. The third-order valence-electron chi connectivity index (χ3n) is 3.58. The summed E-state index contributed by atoms with van der Waals surface area (Å²) in [7, 11) is 1.39. The zero-order valence-electron chi connectivity index (χ0n) is 14.3. The molecule has 0 fully saturated rings. The van der Waals surface area contributed by atoms with E-state index in [1.165, 1.54) is 37.6 Å². The van der Waals surface area contributed by atoms with Crippen LogP contribution in [0.2, 0.25) is 0 Å². The van der Waals surface area contributed by atoms with Gasteiger partial charge in [-0.25, -0.2) is 9.18 Å². The molecule has 3 rings (SSSR count). The Hall–Kier alpha value is -3.69. The summed E-state index contributed by atoms with van der Waals surface area (Å²) in [6, 6.07) is 6.63. The van der Waals surface area contributed by atoms with Crippen molar-refractivity contribution in [3.63, 3.8) is 0 Å². The molecule has 0 unspecified atom stereocenters.